The Hall–Kier alpha value is -2.79. The summed E-state index contributed by atoms with van der Waals surface area (Å²) in [4.78, 5) is 36.1. The number of hydrogen-bond acceptors (Lipinski definition) is 5. The maximum atomic E-state index is 12.4. The Bertz CT molecular complexity index is 1020. The molecule has 184 valence electrons. The lowest BCUT2D eigenvalue weighted by atomic mass is 9.88. The Morgan fingerprint density at radius 2 is 1.79 bits per heavy atom. The van der Waals surface area contributed by atoms with E-state index in [4.69, 9.17) is 4.74 Å². The van der Waals surface area contributed by atoms with Gasteiger partial charge in [-0.05, 0) is 90.8 Å². The number of ether oxygens (including phenoxy) is 1. The number of ketones is 2. The van der Waals surface area contributed by atoms with E-state index in [2.05, 4.69) is 12.2 Å². The van der Waals surface area contributed by atoms with E-state index in [-0.39, 0.29) is 17.5 Å². The van der Waals surface area contributed by atoms with Crippen molar-refractivity contribution in [2.45, 2.75) is 91.8 Å². The zero-order chi connectivity index (χ0) is 25.5. The second kappa shape index (κ2) is 12.1. The van der Waals surface area contributed by atoms with E-state index in [1.54, 1.807) is 19.9 Å². The molecule has 2 unspecified atom stereocenters. The molecule has 0 saturated carbocycles. The predicted molar refractivity (Wildman–Crippen MR) is 135 cm³/mol. The molecule has 0 bridgehead atoms. The van der Waals surface area contributed by atoms with Crippen molar-refractivity contribution in [2.24, 2.45) is 0 Å². The van der Waals surface area contributed by atoms with Crippen LogP contribution < -0.4 is 0 Å². The smallest absolute Gasteiger partial charge is 0.303 e. The van der Waals surface area contributed by atoms with Crippen LogP contribution in [0.15, 0.2) is 53.1 Å². The molecule has 34 heavy (non-hydrogen) atoms. The summed E-state index contributed by atoms with van der Waals surface area (Å²) < 4.78 is 5.48. The summed E-state index contributed by atoms with van der Waals surface area (Å²) in [6.07, 6.45) is 9.09. The second-order valence-corrected chi connectivity index (χ2v) is 9.80. The van der Waals surface area contributed by atoms with E-state index in [1.807, 2.05) is 32.9 Å². The molecule has 0 radical (unpaired) electrons. The van der Waals surface area contributed by atoms with Gasteiger partial charge >= 0.3 is 5.97 Å². The Morgan fingerprint density at radius 3 is 2.44 bits per heavy atom. The maximum absolute atomic E-state index is 12.4. The van der Waals surface area contributed by atoms with E-state index in [1.165, 1.54) is 18.6 Å². The van der Waals surface area contributed by atoms with Crippen LogP contribution in [0.5, 0.6) is 0 Å². The molecule has 0 amide bonds. The molecular formula is C29H38O5. The van der Waals surface area contributed by atoms with Crippen LogP contribution in [0.25, 0.3) is 0 Å². The van der Waals surface area contributed by atoms with Gasteiger partial charge in [0.2, 0.25) is 0 Å². The zero-order valence-corrected chi connectivity index (χ0v) is 21.4. The van der Waals surface area contributed by atoms with Crippen molar-refractivity contribution < 1.29 is 24.2 Å². The minimum Gasteiger partial charge on any atom is -0.459 e. The first kappa shape index (κ1) is 27.5. The summed E-state index contributed by atoms with van der Waals surface area (Å²) in [5.41, 5.74) is 3.70. The summed E-state index contributed by atoms with van der Waals surface area (Å²) >= 11 is 0. The first-order valence-corrected chi connectivity index (χ1v) is 12.0. The maximum Gasteiger partial charge on any atom is 0.303 e. The highest BCUT2D eigenvalue weighted by Crippen LogP contribution is 2.26. The number of hydrogen-bond donors (Lipinski definition) is 1. The van der Waals surface area contributed by atoms with Crippen LogP contribution in [0.1, 0.15) is 99.9 Å². The van der Waals surface area contributed by atoms with E-state index < -0.39 is 11.7 Å². The van der Waals surface area contributed by atoms with Crippen molar-refractivity contribution in [3.05, 3.63) is 69.8 Å². The van der Waals surface area contributed by atoms with Gasteiger partial charge in [-0.3, -0.25) is 14.4 Å². The number of carbonyl (C=O) groups excluding carboxylic acids is 3. The molecule has 1 aliphatic carbocycles. The topological polar surface area (TPSA) is 80.7 Å². The lowest BCUT2D eigenvalue weighted by Crippen LogP contribution is -2.42. The molecule has 1 aliphatic rings. The van der Waals surface area contributed by atoms with Crippen LogP contribution >= 0.6 is 0 Å². The van der Waals surface area contributed by atoms with Gasteiger partial charge in [-0.2, -0.15) is 0 Å². The third-order valence-electron chi connectivity index (χ3n) is 6.23. The molecule has 1 aromatic rings. The van der Waals surface area contributed by atoms with E-state index in [0.717, 1.165) is 30.4 Å². The van der Waals surface area contributed by atoms with Gasteiger partial charge < -0.3 is 9.84 Å². The van der Waals surface area contributed by atoms with Gasteiger partial charge in [0.15, 0.2) is 11.6 Å². The third kappa shape index (κ3) is 7.91. The molecule has 1 aromatic carbocycles. The highest BCUT2D eigenvalue weighted by Gasteiger charge is 2.33. The van der Waals surface area contributed by atoms with Crippen molar-refractivity contribution in [1.29, 1.82) is 0 Å². The fourth-order valence-corrected chi connectivity index (χ4v) is 4.16. The largest absolute Gasteiger partial charge is 0.459 e. The number of rotatable bonds is 11. The zero-order valence-electron chi connectivity index (χ0n) is 21.4. The van der Waals surface area contributed by atoms with Crippen LogP contribution in [0.2, 0.25) is 0 Å². The van der Waals surface area contributed by atoms with Gasteiger partial charge in [0, 0.05) is 23.6 Å². The van der Waals surface area contributed by atoms with Gasteiger partial charge in [0.25, 0.3) is 0 Å². The highest BCUT2D eigenvalue weighted by molar-refractivity contribution is 6.24. The van der Waals surface area contributed by atoms with E-state index >= 15 is 0 Å². The Morgan fingerprint density at radius 1 is 1.09 bits per heavy atom. The van der Waals surface area contributed by atoms with Gasteiger partial charge in [-0.25, -0.2) is 0 Å². The Labute approximate surface area is 203 Å². The molecule has 2 atom stereocenters. The number of aryl methyl sites for hydroxylation is 1. The molecule has 5 heteroatoms. The number of benzene rings is 1. The van der Waals surface area contributed by atoms with E-state index in [0.29, 0.717) is 36.0 Å². The van der Waals surface area contributed by atoms with Gasteiger partial charge in [-0.1, -0.05) is 35.4 Å². The SMILES string of the molecule is CC(=O)OC(CCC(C)=CCCc1ccc2c(c1)C(=O)C(C)=CC2=O)C(C)(O)CCC=C(C)C. The van der Waals surface area contributed by atoms with Crippen LogP contribution in [-0.2, 0) is 16.0 Å². The summed E-state index contributed by atoms with van der Waals surface area (Å²) in [6.45, 7) is 10.8. The summed E-state index contributed by atoms with van der Waals surface area (Å²) in [6, 6.07) is 5.48. The summed E-state index contributed by atoms with van der Waals surface area (Å²) in [5, 5.41) is 10.9. The summed E-state index contributed by atoms with van der Waals surface area (Å²) in [5.74, 6) is -0.593. The lowest BCUT2D eigenvalue weighted by Gasteiger charge is -2.32. The molecule has 0 heterocycles. The average Bonchev–Trinajstić information content (AvgIpc) is 2.74. The average molecular weight is 467 g/mol. The molecule has 0 aromatic heterocycles. The van der Waals surface area contributed by atoms with E-state index in [9.17, 15) is 19.5 Å². The predicted octanol–water partition coefficient (Wildman–Crippen LogP) is 6.10. The molecule has 1 N–H and O–H groups in total. The van der Waals surface area contributed by atoms with Crippen molar-refractivity contribution in [3.8, 4) is 0 Å². The number of carbonyl (C=O) groups is 3. The molecule has 0 spiro atoms. The molecule has 2 rings (SSSR count). The fourth-order valence-electron chi connectivity index (χ4n) is 4.16. The normalized spacial score (nSPS) is 16.3. The lowest BCUT2D eigenvalue weighted by molar-refractivity contribution is -0.162. The second-order valence-electron chi connectivity index (χ2n) is 9.80. The first-order valence-electron chi connectivity index (χ1n) is 12.0. The molecular weight excluding hydrogens is 428 g/mol. The summed E-state index contributed by atoms with van der Waals surface area (Å²) in [7, 11) is 0. The van der Waals surface area contributed by atoms with Crippen LogP contribution in [-0.4, -0.2) is 34.3 Å². The van der Waals surface area contributed by atoms with Gasteiger partial charge in [-0.15, -0.1) is 0 Å². The monoisotopic (exact) mass is 466 g/mol. The standard InChI is InChI=1S/C29H38O5/c1-19(2)9-8-16-29(6,33)27(34-22(5)30)15-12-20(3)10-7-11-23-13-14-24-25(18-23)28(32)21(4)17-26(24)31/h9-10,13-14,17-18,27,33H,7-8,11-12,15-16H2,1-6H3. The number of Topliss-reactive ketones (excluding diaryl/α,β-unsaturated/α-hetero) is 1. The Balaban J connectivity index is 1.96. The minimum atomic E-state index is -1.10. The first-order chi connectivity index (χ1) is 15.9. The van der Waals surface area contributed by atoms with Crippen molar-refractivity contribution in [3.63, 3.8) is 0 Å². The number of esters is 1. The van der Waals surface area contributed by atoms with Crippen LogP contribution in [0.3, 0.4) is 0 Å². The van der Waals surface area contributed by atoms with Crippen LogP contribution in [0, 0.1) is 0 Å². The highest BCUT2D eigenvalue weighted by atomic mass is 16.6. The molecule has 5 nitrogen and oxygen atoms in total. The van der Waals surface area contributed by atoms with Gasteiger partial charge in [0.05, 0.1) is 5.60 Å². The van der Waals surface area contributed by atoms with Crippen molar-refractivity contribution in [2.75, 3.05) is 0 Å². The van der Waals surface area contributed by atoms with Crippen LogP contribution in [0.4, 0.5) is 0 Å². The molecule has 0 saturated heterocycles. The quantitative estimate of drug-likeness (QED) is 0.315. The van der Waals surface area contributed by atoms with Crippen molar-refractivity contribution in [1.82, 2.24) is 0 Å². The number of aliphatic hydroxyl groups is 1. The number of fused-ring (bicyclic) bond motifs is 1. The van der Waals surface area contributed by atoms with Gasteiger partial charge in [0.1, 0.15) is 6.10 Å². The van der Waals surface area contributed by atoms with Crippen molar-refractivity contribution >= 4 is 17.5 Å². The molecule has 0 fully saturated rings. The fraction of sp³-hybridized carbons (Fsp3) is 0.483. The Kier molecular flexibility index (Phi) is 9.75. The third-order valence-corrected chi connectivity index (χ3v) is 6.23. The minimum absolute atomic E-state index is 0.0867. The number of allylic oxidation sites excluding steroid dienone is 6. The molecule has 0 aliphatic heterocycles.